The summed E-state index contributed by atoms with van der Waals surface area (Å²) in [6, 6.07) is 0. The summed E-state index contributed by atoms with van der Waals surface area (Å²) in [4.78, 5) is 11.2. The van der Waals surface area contributed by atoms with E-state index in [4.69, 9.17) is 9.47 Å². The first kappa shape index (κ1) is 17.1. The molecule has 0 saturated carbocycles. The van der Waals surface area contributed by atoms with E-state index in [1.165, 1.54) is 0 Å². The molecular formula is C11H25NO3S2. The van der Waals surface area contributed by atoms with Crippen LogP contribution in [-0.2, 0) is 14.3 Å². The van der Waals surface area contributed by atoms with Crippen molar-refractivity contribution in [3.05, 3.63) is 0 Å². The second kappa shape index (κ2) is 11.2. The standard InChI is InChI=1S/C11H25NO3S2/c1-10(2)15-9-11(13)12-5-4-6-14-7-8-17(3)16/h10,16-17H,4-9H2,1-3H3,(H,12,13). The summed E-state index contributed by atoms with van der Waals surface area (Å²) < 4.78 is 10.6. The molecule has 0 rings (SSSR count). The Hall–Kier alpha value is 0.0900. The highest BCUT2D eigenvalue weighted by Gasteiger charge is 2.01. The summed E-state index contributed by atoms with van der Waals surface area (Å²) in [5, 5.41) is 2.78. The van der Waals surface area contributed by atoms with Crippen LogP contribution in [0.4, 0.5) is 0 Å². The highest BCUT2D eigenvalue weighted by molar-refractivity contribution is 8.77. The number of carbonyl (C=O) groups excluding carboxylic acids is 1. The maximum atomic E-state index is 11.2. The maximum absolute atomic E-state index is 11.2. The van der Waals surface area contributed by atoms with Gasteiger partial charge in [-0.15, -0.1) is 11.7 Å². The monoisotopic (exact) mass is 283 g/mol. The molecule has 17 heavy (non-hydrogen) atoms. The highest BCUT2D eigenvalue weighted by atomic mass is 33.1. The van der Waals surface area contributed by atoms with Crippen molar-refractivity contribution in [2.24, 2.45) is 0 Å². The SMILES string of the molecule is CC(C)OCC(=O)NCCCOCC[SH](C)S. The zero-order valence-electron chi connectivity index (χ0n) is 10.9. The Bertz CT molecular complexity index is 201. The Labute approximate surface area is 112 Å². The number of hydrogen-bond donors (Lipinski definition) is 3. The van der Waals surface area contributed by atoms with Crippen molar-refractivity contribution >= 4 is 27.5 Å². The predicted molar refractivity (Wildman–Crippen MR) is 78.3 cm³/mol. The zero-order valence-corrected chi connectivity index (χ0v) is 12.7. The molecule has 1 atom stereocenters. The lowest BCUT2D eigenvalue weighted by Crippen LogP contribution is -2.30. The Balaban J connectivity index is 3.19. The molecule has 1 N–H and O–H groups in total. The van der Waals surface area contributed by atoms with Gasteiger partial charge in [-0.1, -0.05) is 0 Å². The summed E-state index contributed by atoms with van der Waals surface area (Å²) >= 11 is 4.32. The molecule has 0 aliphatic heterocycles. The molecule has 4 nitrogen and oxygen atoms in total. The van der Waals surface area contributed by atoms with Gasteiger partial charge < -0.3 is 14.8 Å². The minimum Gasteiger partial charge on any atom is -0.381 e. The van der Waals surface area contributed by atoms with Gasteiger partial charge in [-0.25, -0.2) is 9.93 Å². The molecule has 6 heteroatoms. The van der Waals surface area contributed by atoms with Crippen LogP contribution < -0.4 is 5.32 Å². The van der Waals surface area contributed by atoms with Crippen LogP contribution in [0.3, 0.4) is 0 Å². The fourth-order valence-corrected chi connectivity index (χ4v) is 1.63. The van der Waals surface area contributed by atoms with Crippen molar-refractivity contribution < 1.29 is 14.3 Å². The van der Waals surface area contributed by atoms with Gasteiger partial charge in [-0.05, 0) is 26.5 Å². The number of rotatable bonds is 10. The third-order valence-electron chi connectivity index (χ3n) is 1.89. The van der Waals surface area contributed by atoms with E-state index in [1.807, 2.05) is 13.8 Å². The van der Waals surface area contributed by atoms with Crippen molar-refractivity contribution in [2.45, 2.75) is 26.4 Å². The van der Waals surface area contributed by atoms with E-state index in [2.05, 4.69) is 23.2 Å². The lowest BCUT2D eigenvalue weighted by molar-refractivity contribution is -0.127. The second-order valence-electron chi connectivity index (χ2n) is 4.06. The largest absolute Gasteiger partial charge is 0.381 e. The van der Waals surface area contributed by atoms with Crippen LogP contribution in [0.15, 0.2) is 0 Å². The Kier molecular flexibility index (Phi) is 11.3. The molecule has 0 aromatic carbocycles. The average Bonchev–Trinajstić information content (AvgIpc) is 2.24. The van der Waals surface area contributed by atoms with Gasteiger partial charge in [0.1, 0.15) is 6.61 Å². The van der Waals surface area contributed by atoms with E-state index in [1.54, 1.807) is 0 Å². The molecule has 0 heterocycles. The topological polar surface area (TPSA) is 47.6 Å². The third kappa shape index (κ3) is 14.0. The molecule has 0 aliphatic rings. The Morgan fingerprint density at radius 3 is 2.71 bits per heavy atom. The molecule has 0 aromatic heterocycles. The number of carbonyl (C=O) groups is 1. The molecule has 0 spiro atoms. The Morgan fingerprint density at radius 1 is 1.41 bits per heavy atom. The summed E-state index contributed by atoms with van der Waals surface area (Å²) in [6.07, 6.45) is 3.03. The van der Waals surface area contributed by atoms with Gasteiger partial charge in [0.05, 0.1) is 12.7 Å². The van der Waals surface area contributed by atoms with E-state index in [0.717, 1.165) is 18.8 Å². The fraction of sp³-hybridized carbons (Fsp3) is 0.909. The molecule has 1 amide bonds. The van der Waals surface area contributed by atoms with Crippen molar-refractivity contribution in [3.8, 4) is 0 Å². The number of thiol groups is 2. The van der Waals surface area contributed by atoms with Crippen molar-refractivity contribution in [3.63, 3.8) is 0 Å². The van der Waals surface area contributed by atoms with Gasteiger partial charge in [0.2, 0.25) is 5.91 Å². The summed E-state index contributed by atoms with van der Waals surface area (Å²) in [6.45, 7) is 6.04. The van der Waals surface area contributed by atoms with E-state index < -0.39 is 0 Å². The summed E-state index contributed by atoms with van der Waals surface area (Å²) in [7, 11) is -0.163. The Morgan fingerprint density at radius 2 is 2.12 bits per heavy atom. The number of ether oxygens (including phenoxy) is 2. The lowest BCUT2D eigenvalue weighted by atomic mass is 10.4. The summed E-state index contributed by atoms with van der Waals surface area (Å²) in [5.74, 6) is 0.957. The van der Waals surface area contributed by atoms with E-state index in [-0.39, 0.29) is 28.5 Å². The lowest BCUT2D eigenvalue weighted by Gasteiger charge is -2.10. The normalized spacial score (nSPS) is 13.8. The molecule has 0 aliphatic carbocycles. The van der Waals surface area contributed by atoms with Gasteiger partial charge in [-0.2, -0.15) is 0 Å². The highest BCUT2D eigenvalue weighted by Crippen LogP contribution is 2.23. The van der Waals surface area contributed by atoms with Crippen LogP contribution >= 0.6 is 21.6 Å². The fourth-order valence-electron chi connectivity index (χ4n) is 0.994. The van der Waals surface area contributed by atoms with E-state index >= 15 is 0 Å². The molecule has 0 bridgehead atoms. The molecule has 1 unspecified atom stereocenters. The smallest absolute Gasteiger partial charge is 0.246 e. The van der Waals surface area contributed by atoms with Crippen LogP contribution in [-0.4, -0.2) is 50.4 Å². The van der Waals surface area contributed by atoms with Gasteiger partial charge in [-0.3, -0.25) is 4.79 Å². The van der Waals surface area contributed by atoms with Crippen molar-refractivity contribution in [2.75, 3.05) is 38.4 Å². The minimum atomic E-state index is -0.163. The van der Waals surface area contributed by atoms with Gasteiger partial charge >= 0.3 is 0 Å². The molecule has 0 fully saturated rings. The van der Waals surface area contributed by atoms with Gasteiger partial charge in [0, 0.05) is 18.9 Å². The number of amides is 1. The van der Waals surface area contributed by atoms with E-state index in [9.17, 15) is 4.79 Å². The van der Waals surface area contributed by atoms with E-state index in [0.29, 0.717) is 13.2 Å². The van der Waals surface area contributed by atoms with Crippen LogP contribution in [0.5, 0.6) is 0 Å². The van der Waals surface area contributed by atoms with Crippen molar-refractivity contribution in [1.29, 1.82) is 0 Å². The molecule has 0 saturated heterocycles. The second-order valence-corrected chi connectivity index (χ2v) is 7.87. The molecule has 0 aromatic rings. The van der Waals surface area contributed by atoms with Crippen molar-refractivity contribution in [1.82, 2.24) is 5.32 Å². The molecule has 104 valence electrons. The van der Waals surface area contributed by atoms with Crippen LogP contribution in [0.1, 0.15) is 20.3 Å². The number of hydrogen-bond acceptors (Lipinski definition) is 4. The van der Waals surface area contributed by atoms with Crippen LogP contribution in [0, 0.1) is 0 Å². The first-order valence-electron chi connectivity index (χ1n) is 5.88. The quantitative estimate of drug-likeness (QED) is 0.323. The maximum Gasteiger partial charge on any atom is 0.246 e. The van der Waals surface area contributed by atoms with Crippen LogP contribution in [0.25, 0.3) is 0 Å². The first-order valence-corrected chi connectivity index (χ1v) is 9.01. The van der Waals surface area contributed by atoms with Gasteiger partial charge in [0.15, 0.2) is 0 Å². The van der Waals surface area contributed by atoms with Gasteiger partial charge in [0.25, 0.3) is 0 Å². The van der Waals surface area contributed by atoms with Crippen LogP contribution in [0.2, 0.25) is 0 Å². The predicted octanol–water partition coefficient (Wildman–Crippen LogP) is 1.41. The third-order valence-corrected chi connectivity index (χ3v) is 3.32. The minimum absolute atomic E-state index is 0.0638. The molecular weight excluding hydrogens is 258 g/mol. The summed E-state index contributed by atoms with van der Waals surface area (Å²) in [5.41, 5.74) is 0. The number of nitrogens with one attached hydrogen (secondary N) is 1. The first-order chi connectivity index (χ1) is 8.02. The molecule has 0 radical (unpaired) electrons. The zero-order chi connectivity index (χ0) is 13.1. The average molecular weight is 283 g/mol.